The number of benzene rings is 2. The van der Waals surface area contributed by atoms with E-state index in [0.29, 0.717) is 23.8 Å². The fourth-order valence-electron chi connectivity index (χ4n) is 2.87. The van der Waals surface area contributed by atoms with E-state index in [1.807, 2.05) is 36.4 Å². The van der Waals surface area contributed by atoms with Crippen LogP contribution in [0, 0.1) is 0 Å². The minimum Gasteiger partial charge on any atom is -0.493 e. The maximum absolute atomic E-state index is 5.92. The number of nitrogens with zero attached hydrogens (tertiary/aromatic N) is 1. The first-order valence-electron chi connectivity index (χ1n) is 9.09. The van der Waals surface area contributed by atoms with Gasteiger partial charge in [-0.1, -0.05) is 29.8 Å². The highest BCUT2D eigenvalue weighted by atomic mass is 127. The number of guanidine groups is 1. The highest BCUT2D eigenvalue weighted by Gasteiger charge is 2.15. The zero-order chi connectivity index (χ0) is 20.4. The van der Waals surface area contributed by atoms with Gasteiger partial charge < -0.3 is 24.8 Å². The van der Waals surface area contributed by atoms with E-state index in [2.05, 4.69) is 15.6 Å². The zero-order valence-corrected chi connectivity index (χ0v) is 20.3. The SMILES string of the molecule is CN=C(NCCc1ccc(Cl)cc1)NCCc1ccc(OC)c(OC)c1OC.I. The molecule has 0 saturated carbocycles. The summed E-state index contributed by atoms with van der Waals surface area (Å²) in [5, 5.41) is 7.39. The van der Waals surface area contributed by atoms with Crippen molar-refractivity contribution in [2.24, 2.45) is 4.99 Å². The molecule has 2 rings (SSSR count). The predicted molar refractivity (Wildman–Crippen MR) is 130 cm³/mol. The summed E-state index contributed by atoms with van der Waals surface area (Å²) in [6, 6.07) is 11.7. The van der Waals surface area contributed by atoms with Crippen LogP contribution >= 0.6 is 35.6 Å². The third kappa shape index (κ3) is 7.47. The molecule has 2 aromatic rings. The summed E-state index contributed by atoms with van der Waals surface area (Å²) in [5.41, 5.74) is 2.26. The van der Waals surface area contributed by atoms with Gasteiger partial charge in [-0.25, -0.2) is 0 Å². The molecular formula is C21H29ClIN3O3. The van der Waals surface area contributed by atoms with Gasteiger partial charge in [-0.05, 0) is 36.6 Å². The summed E-state index contributed by atoms with van der Waals surface area (Å²) in [7, 11) is 6.60. The number of ether oxygens (including phenoxy) is 3. The van der Waals surface area contributed by atoms with Gasteiger partial charge in [0.15, 0.2) is 17.5 Å². The predicted octanol–water partition coefficient (Wildman–Crippen LogP) is 3.93. The highest BCUT2D eigenvalue weighted by molar-refractivity contribution is 14.0. The number of halogens is 2. The lowest BCUT2D eigenvalue weighted by molar-refractivity contribution is 0.322. The van der Waals surface area contributed by atoms with Crippen molar-refractivity contribution >= 4 is 41.5 Å². The van der Waals surface area contributed by atoms with Gasteiger partial charge in [0.1, 0.15) is 0 Å². The number of nitrogens with one attached hydrogen (secondary N) is 2. The first-order valence-corrected chi connectivity index (χ1v) is 9.47. The molecule has 0 radical (unpaired) electrons. The van der Waals surface area contributed by atoms with Gasteiger partial charge in [0.2, 0.25) is 5.75 Å². The Bertz CT molecular complexity index is 785. The summed E-state index contributed by atoms with van der Waals surface area (Å²) in [6.07, 6.45) is 1.64. The molecule has 0 heterocycles. The van der Waals surface area contributed by atoms with Crippen molar-refractivity contribution < 1.29 is 14.2 Å². The monoisotopic (exact) mass is 533 g/mol. The van der Waals surface area contributed by atoms with Gasteiger partial charge in [-0.15, -0.1) is 24.0 Å². The number of methoxy groups -OCH3 is 3. The Balaban J connectivity index is 0.00000420. The Labute approximate surface area is 195 Å². The van der Waals surface area contributed by atoms with Crippen LogP contribution in [0.5, 0.6) is 17.2 Å². The van der Waals surface area contributed by atoms with Crippen LogP contribution < -0.4 is 24.8 Å². The van der Waals surface area contributed by atoms with Crippen LogP contribution in [0.1, 0.15) is 11.1 Å². The fourth-order valence-corrected chi connectivity index (χ4v) is 3.00. The Kier molecular flexibility index (Phi) is 11.6. The average Bonchev–Trinajstić information content (AvgIpc) is 2.73. The van der Waals surface area contributed by atoms with Crippen molar-refractivity contribution in [2.45, 2.75) is 12.8 Å². The van der Waals surface area contributed by atoms with Gasteiger partial charge in [0, 0.05) is 30.7 Å². The number of rotatable bonds is 9. The van der Waals surface area contributed by atoms with E-state index < -0.39 is 0 Å². The van der Waals surface area contributed by atoms with Gasteiger partial charge in [-0.2, -0.15) is 0 Å². The van der Waals surface area contributed by atoms with E-state index in [-0.39, 0.29) is 24.0 Å². The molecular weight excluding hydrogens is 505 g/mol. The Morgan fingerprint density at radius 1 is 0.862 bits per heavy atom. The maximum atomic E-state index is 5.92. The molecule has 160 valence electrons. The average molecular weight is 534 g/mol. The minimum absolute atomic E-state index is 0. The number of hydrogen-bond donors (Lipinski definition) is 2. The molecule has 0 aromatic heterocycles. The molecule has 8 heteroatoms. The number of hydrogen-bond acceptors (Lipinski definition) is 4. The molecule has 0 spiro atoms. The molecule has 0 fully saturated rings. The fraction of sp³-hybridized carbons (Fsp3) is 0.381. The largest absolute Gasteiger partial charge is 0.493 e. The minimum atomic E-state index is 0. The van der Waals surface area contributed by atoms with Crippen LogP contribution in [0.25, 0.3) is 0 Å². The van der Waals surface area contributed by atoms with Gasteiger partial charge in [0.05, 0.1) is 21.3 Å². The molecule has 0 aliphatic rings. The quantitative estimate of drug-likeness (QED) is 0.291. The van der Waals surface area contributed by atoms with E-state index in [4.69, 9.17) is 25.8 Å². The normalized spacial score (nSPS) is 10.7. The molecule has 0 aliphatic heterocycles. The molecule has 2 N–H and O–H groups in total. The molecule has 0 aliphatic carbocycles. The second-order valence-electron chi connectivity index (χ2n) is 6.05. The van der Waals surface area contributed by atoms with Crippen molar-refractivity contribution in [3.63, 3.8) is 0 Å². The lowest BCUT2D eigenvalue weighted by Crippen LogP contribution is -2.39. The standard InChI is InChI=1S/C21H28ClN3O3.HI/c1-23-21(24-13-11-15-5-8-17(22)9-6-15)25-14-12-16-7-10-18(26-2)20(28-4)19(16)27-3;/h5-10H,11-14H2,1-4H3,(H2,23,24,25);1H. The van der Waals surface area contributed by atoms with Crippen LogP contribution in [0.2, 0.25) is 5.02 Å². The second-order valence-corrected chi connectivity index (χ2v) is 6.48. The van der Waals surface area contributed by atoms with E-state index in [0.717, 1.165) is 35.9 Å². The molecule has 0 amide bonds. The molecule has 29 heavy (non-hydrogen) atoms. The smallest absolute Gasteiger partial charge is 0.203 e. The first kappa shape index (κ1) is 25.2. The lowest BCUT2D eigenvalue weighted by atomic mass is 10.1. The van der Waals surface area contributed by atoms with Crippen molar-refractivity contribution in [1.29, 1.82) is 0 Å². The van der Waals surface area contributed by atoms with Gasteiger partial charge >= 0.3 is 0 Å². The third-order valence-electron chi connectivity index (χ3n) is 4.32. The molecule has 0 saturated heterocycles. The first-order chi connectivity index (χ1) is 13.6. The van der Waals surface area contributed by atoms with Gasteiger partial charge in [-0.3, -0.25) is 4.99 Å². The van der Waals surface area contributed by atoms with Crippen molar-refractivity contribution in [2.75, 3.05) is 41.5 Å². The Hall–Kier alpha value is -1.87. The van der Waals surface area contributed by atoms with Crippen LogP contribution in [-0.4, -0.2) is 47.4 Å². The van der Waals surface area contributed by atoms with E-state index in [1.165, 1.54) is 5.56 Å². The van der Waals surface area contributed by atoms with Crippen LogP contribution in [-0.2, 0) is 12.8 Å². The van der Waals surface area contributed by atoms with Crippen LogP contribution in [0.3, 0.4) is 0 Å². The molecule has 6 nitrogen and oxygen atoms in total. The zero-order valence-electron chi connectivity index (χ0n) is 17.3. The summed E-state index contributed by atoms with van der Waals surface area (Å²) in [5.74, 6) is 2.70. The second kappa shape index (κ2) is 13.4. The lowest BCUT2D eigenvalue weighted by Gasteiger charge is -2.16. The van der Waals surface area contributed by atoms with Crippen LogP contribution in [0.4, 0.5) is 0 Å². The summed E-state index contributed by atoms with van der Waals surface area (Å²) in [4.78, 5) is 4.27. The summed E-state index contributed by atoms with van der Waals surface area (Å²) >= 11 is 5.92. The van der Waals surface area contributed by atoms with E-state index in [1.54, 1.807) is 28.4 Å². The molecule has 0 atom stereocenters. The van der Waals surface area contributed by atoms with Gasteiger partial charge in [0.25, 0.3) is 0 Å². The Morgan fingerprint density at radius 2 is 1.48 bits per heavy atom. The van der Waals surface area contributed by atoms with Crippen molar-refractivity contribution in [1.82, 2.24) is 10.6 Å². The highest BCUT2D eigenvalue weighted by Crippen LogP contribution is 2.39. The molecule has 0 bridgehead atoms. The third-order valence-corrected chi connectivity index (χ3v) is 4.57. The maximum Gasteiger partial charge on any atom is 0.203 e. The summed E-state index contributed by atoms with van der Waals surface area (Å²) in [6.45, 7) is 1.48. The van der Waals surface area contributed by atoms with E-state index in [9.17, 15) is 0 Å². The molecule has 2 aromatic carbocycles. The molecule has 0 unspecified atom stereocenters. The van der Waals surface area contributed by atoms with E-state index >= 15 is 0 Å². The summed E-state index contributed by atoms with van der Waals surface area (Å²) < 4.78 is 16.3. The van der Waals surface area contributed by atoms with Crippen LogP contribution in [0.15, 0.2) is 41.4 Å². The topological polar surface area (TPSA) is 64.1 Å². The number of aliphatic imine (C=N–C) groups is 1. The van der Waals surface area contributed by atoms with Crippen molar-refractivity contribution in [3.8, 4) is 17.2 Å². The Morgan fingerprint density at radius 3 is 2.03 bits per heavy atom. The van der Waals surface area contributed by atoms with Crippen molar-refractivity contribution in [3.05, 3.63) is 52.5 Å².